The van der Waals surface area contributed by atoms with Gasteiger partial charge in [-0.25, -0.2) is 0 Å². The molecule has 0 spiro atoms. The lowest BCUT2D eigenvalue weighted by Crippen LogP contribution is -2.42. The zero-order valence-electron chi connectivity index (χ0n) is 14.5. The standard InChI is InChI=1S/C18H33N3/c1-6-7-14-8-9-15(13-19-18(2,3)4)16(12-14)17-10-11-20-21(17)5/h10-11,14-16,19H,6-9,12-13H2,1-5H3. The predicted octanol–water partition coefficient (Wildman–Crippen LogP) is 4.11. The van der Waals surface area contributed by atoms with E-state index in [1.54, 1.807) is 0 Å². The van der Waals surface area contributed by atoms with Gasteiger partial charge >= 0.3 is 0 Å². The Bertz CT molecular complexity index is 430. The monoisotopic (exact) mass is 291 g/mol. The van der Waals surface area contributed by atoms with Crippen LogP contribution in [-0.4, -0.2) is 21.9 Å². The van der Waals surface area contributed by atoms with Gasteiger partial charge in [-0.1, -0.05) is 26.2 Å². The van der Waals surface area contributed by atoms with E-state index in [0.29, 0.717) is 5.92 Å². The molecule has 120 valence electrons. The summed E-state index contributed by atoms with van der Waals surface area (Å²) in [6, 6.07) is 2.23. The van der Waals surface area contributed by atoms with Crippen molar-refractivity contribution in [2.24, 2.45) is 18.9 Å². The van der Waals surface area contributed by atoms with Crippen LogP contribution < -0.4 is 5.32 Å². The summed E-state index contributed by atoms with van der Waals surface area (Å²) in [5, 5.41) is 8.12. The van der Waals surface area contributed by atoms with E-state index in [0.717, 1.165) is 18.4 Å². The van der Waals surface area contributed by atoms with E-state index in [2.05, 4.69) is 55.9 Å². The minimum Gasteiger partial charge on any atom is -0.312 e. The predicted molar refractivity (Wildman–Crippen MR) is 89.4 cm³/mol. The third-order valence-electron chi connectivity index (χ3n) is 4.93. The van der Waals surface area contributed by atoms with Crippen LogP contribution in [0.3, 0.4) is 0 Å². The number of nitrogens with zero attached hydrogens (tertiary/aromatic N) is 2. The van der Waals surface area contributed by atoms with Crippen molar-refractivity contribution in [3.05, 3.63) is 18.0 Å². The third-order valence-corrected chi connectivity index (χ3v) is 4.93. The fourth-order valence-electron chi connectivity index (χ4n) is 3.78. The van der Waals surface area contributed by atoms with Crippen LogP contribution in [0.4, 0.5) is 0 Å². The summed E-state index contributed by atoms with van der Waals surface area (Å²) in [7, 11) is 2.09. The van der Waals surface area contributed by atoms with Crippen LogP contribution in [0.25, 0.3) is 0 Å². The Morgan fingerprint density at radius 1 is 1.33 bits per heavy atom. The Labute approximate surface area is 130 Å². The summed E-state index contributed by atoms with van der Waals surface area (Å²) in [6.07, 6.45) is 8.74. The molecule has 0 aliphatic heterocycles. The molecule has 3 unspecified atom stereocenters. The first kappa shape index (κ1) is 16.5. The zero-order valence-corrected chi connectivity index (χ0v) is 14.5. The highest BCUT2D eigenvalue weighted by Crippen LogP contribution is 2.41. The lowest BCUT2D eigenvalue weighted by Gasteiger charge is -2.38. The molecule has 0 amide bonds. The molecule has 1 aromatic heterocycles. The molecule has 0 aromatic carbocycles. The second kappa shape index (κ2) is 6.95. The highest BCUT2D eigenvalue weighted by molar-refractivity contribution is 5.11. The Kier molecular flexibility index (Phi) is 5.48. The summed E-state index contributed by atoms with van der Waals surface area (Å²) in [5.74, 6) is 2.31. The number of rotatable bonds is 5. The molecule has 3 heteroatoms. The third kappa shape index (κ3) is 4.57. The van der Waals surface area contributed by atoms with Gasteiger partial charge in [-0.15, -0.1) is 0 Å². The fraction of sp³-hybridized carbons (Fsp3) is 0.833. The van der Waals surface area contributed by atoms with Crippen molar-refractivity contribution in [1.82, 2.24) is 15.1 Å². The minimum absolute atomic E-state index is 0.206. The highest BCUT2D eigenvalue weighted by atomic mass is 15.3. The molecule has 3 nitrogen and oxygen atoms in total. The molecule has 1 N–H and O–H groups in total. The number of hydrogen-bond acceptors (Lipinski definition) is 2. The average Bonchev–Trinajstić information content (AvgIpc) is 2.83. The molecule has 3 atom stereocenters. The van der Waals surface area contributed by atoms with Crippen LogP contribution in [0.15, 0.2) is 12.3 Å². The van der Waals surface area contributed by atoms with E-state index >= 15 is 0 Å². The van der Waals surface area contributed by atoms with Gasteiger partial charge in [0.15, 0.2) is 0 Å². The van der Waals surface area contributed by atoms with Crippen molar-refractivity contribution in [3.8, 4) is 0 Å². The highest BCUT2D eigenvalue weighted by Gasteiger charge is 2.33. The number of aromatic nitrogens is 2. The Morgan fingerprint density at radius 3 is 2.67 bits per heavy atom. The van der Waals surface area contributed by atoms with Gasteiger partial charge < -0.3 is 5.32 Å². The molecular formula is C18H33N3. The van der Waals surface area contributed by atoms with Gasteiger partial charge in [0, 0.05) is 30.4 Å². The molecule has 1 aromatic rings. The van der Waals surface area contributed by atoms with Crippen molar-refractivity contribution < 1.29 is 0 Å². The Morgan fingerprint density at radius 2 is 2.10 bits per heavy atom. The maximum Gasteiger partial charge on any atom is 0.0492 e. The van der Waals surface area contributed by atoms with Gasteiger partial charge in [0.2, 0.25) is 0 Å². The fourth-order valence-corrected chi connectivity index (χ4v) is 3.78. The van der Waals surface area contributed by atoms with Crippen LogP contribution >= 0.6 is 0 Å². The van der Waals surface area contributed by atoms with Crippen molar-refractivity contribution in [2.75, 3.05) is 6.54 Å². The lowest BCUT2D eigenvalue weighted by atomic mass is 9.71. The van der Waals surface area contributed by atoms with E-state index in [4.69, 9.17) is 0 Å². The first-order valence-electron chi connectivity index (χ1n) is 8.63. The van der Waals surface area contributed by atoms with Crippen LogP contribution in [0.5, 0.6) is 0 Å². The zero-order chi connectivity index (χ0) is 15.5. The molecule has 1 aliphatic carbocycles. The van der Waals surface area contributed by atoms with Crippen LogP contribution in [-0.2, 0) is 7.05 Å². The summed E-state index contributed by atoms with van der Waals surface area (Å²) in [4.78, 5) is 0. The minimum atomic E-state index is 0.206. The molecule has 1 aliphatic rings. The van der Waals surface area contributed by atoms with Crippen LogP contribution in [0.1, 0.15) is 71.4 Å². The molecule has 21 heavy (non-hydrogen) atoms. The van der Waals surface area contributed by atoms with Crippen LogP contribution in [0, 0.1) is 11.8 Å². The largest absolute Gasteiger partial charge is 0.312 e. The topological polar surface area (TPSA) is 29.9 Å². The molecule has 1 fully saturated rings. The van der Waals surface area contributed by atoms with E-state index < -0.39 is 0 Å². The summed E-state index contributed by atoms with van der Waals surface area (Å²) in [6.45, 7) is 10.2. The lowest BCUT2D eigenvalue weighted by molar-refractivity contribution is 0.203. The Hall–Kier alpha value is -0.830. The van der Waals surface area contributed by atoms with Gasteiger partial charge in [0.05, 0.1) is 0 Å². The first-order chi connectivity index (χ1) is 9.90. The van der Waals surface area contributed by atoms with E-state index in [1.807, 2.05) is 6.20 Å². The molecule has 0 bridgehead atoms. The van der Waals surface area contributed by atoms with Gasteiger partial charge in [-0.05, 0) is 58.1 Å². The second-order valence-corrected chi connectivity index (χ2v) is 7.84. The van der Waals surface area contributed by atoms with Crippen LogP contribution in [0.2, 0.25) is 0 Å². The van der Waals surface area contributed by atoms with Gasteiger partial charge in [-0.2, -0.15) is 5.10 Å². The molecule has 1 heterocycles. The maximum absolute atomic E-state index is 4.40. The van der Waals surface area contributed by atoms with Gasteiger partial charge in [0.1, 0.15) is 0 Å². The summed E-state index contributed by atoms with van der Waals surface area (Å²) < 4.78 is 2.09. The summed E-state index contributed by atoms with van der Waals surface area (Å²) in [5.41, 5.74) is 1.63. The van der Waals surface area contributed by atoms with Crippen molar-refractivity contribution in [1.29, 1.82) is 0 Å². The average molecular weight is 291 g/mol. The van der Waals surface area contributed by atoms with Gasteiger partial charge in [0.25, 0.3) is 0 Å². The summed E-state index contributed by atoms with van der Waals surface area (Å²) >= 11 is 0. The molecular weight excluding hydrogens is 258 g/mol. The molecule has 2 rings (SSSR count). The number of aryl methyl sites for hydroxylation is 1. The van der Waals surface area contributed by atoms with Gasteiger partial charge in [-0.3, -0.25) is 4.68 Å². The van der Waals surface area contributed by atoms with E-state index in [-0.39, 0.29) is 5.54 Å². The molecule has 1 saturated carbocycles. The normalized spacial score (nSPS) is 27.0. The van der Waals surface area contributed by atoms with E-state index in [9.17, 15) is 0 Å². The SMILES string of the molecule is CCCC1CCC(CNC(C)(C)C)C(c2ccnn2C)C1. The first-order valence-corrected chi connectivity index (χ1v) is 8.63. The maximum atomic E-state index is 4.40. The molecule has 0 saturated heterocycles. The van der Waals surface area contributed by atoms with Crippen molar-refractivity contribution >= 4 is 0 Å². The van der Waals surface area contributed by atoms with Crippen molar-refractivity contribution in [3.63, 3.8) is 0 Å². The van der Waals surface area contributed by atoms with Crippen molar-refractivity contribution in [2.45, 2.75) is 71.3 Å². The smallest absolute Gasteiger partial charge is 0.0492 e. The Balaban J connectivity index is 2.09. The quantitative estimate of drug-likeness (QED) is 0.885. The molecule has 0 radical (unpaired) electrons. The number of hydrogen-bond donors (Lipinski definition) is 1. The number of nitrogens with one attached hydrogen (secondary N) is 1. The van der Waals surface area contributed by atoms with E-state index in [1.165, 1.54) is 37.8 Å². The second-order valence-electron chi connectivity index (χ2n) is 7.84.